The number of amides is 1. The van der Waals surface area contributed by atoms with Crippen LogP contribution in [0.15, 0.2) is 116 Å². The van der Waals surface area contributed by atoms with Crippen molar-refractivity contribution >= 4 is 11.9 Å². The number of ether oxygens (including phenoxy) is 1. The second kappa shape index (κ2) is 13.3. The van der Waals surface area contributed by atoms with Gasteiger partial charge in [0.1, 0.15) is 18.4 Å². The van der Waals surface area contributed by atoms with E-state index >= 15 is 0 Å². The van der Waals surface area contributed by atoms with Crippen LogP contribution in [0.3, 0.4) is 0 Å². The quantitative estimate of drug-likeness (QED) is 0.181. The van der Waals surface area contributed by atoms with Gasteiger partial charge in [-0.05, 0) is 51.9 Å². The monoisotopic (exact) mass is 585 g/mol. The van der Waals surface area contributed by atoms with Crippen LogP contribution in [0.25, 0.3) is 22.5 Å². The van der Waals surface area contributed by atoms with Gasteiger partial charge in [-0.25, -0.2) is 14.8 Å². The first-order valence-electron chi connectivity index (χ1n) is 14.5. The first kappa shape index (κ1) is 30.2. The van der Waals surface area contributed by atoms with Crippen LogP contribution in [-0.4, -0.2) is 33.0 Å². The lowest BCUT2D eigenvalue weighted by Gasteiger charge is -2.19. The first-order chi connectivity index (χ1) is 21.2. The normalized spacial score (nSPS) is 11.9. The molecule has 0 unspecified atom stereocenters. The fourth-order valence-electron chi connectivity index (χ4n) is 4.69. The number of aliphatic carboxylic acids is 1. The summed E-state index contributed by atoms with van der Waals surface area (Å²) in [7, 11) is 0. The van der Waals surface area contributed by atoms with Gasteiger partial charge in [0.15, 0.2) is 5.82 Å². The lowest BCUT2D eigenvalue weighted by atomic mass is 9.86. The molecule has 0 aliphatic carbocycles. The SMILES string of the molecule is CC(C)(C)c1ccc(C(=O)N[C@@H](Cc2ccc(-c3ncc(-c4ccc(COc5ccccc5)cc4)cn3)cc2)C(=O)O)cc1. The molecule has 0 aliphatic rings. The molecule has 2 N–H and O–H groups in total. The minimum absolute atomic E-state index is 0.0384. The molecule has 1 amide bonds. The summed E-state index contributed by atoms with van der Waals surface area (Å²) in [6.45, 7) is 6.78. The Morgan fingerprint density at radius 1 is 0.750 bits per heavy atom. The van der Waals surface area contributed by atoms with Gasteiger partial charge >= 0.3 is 5.97 Å². The zero-order valence-corrected chi connectivity index (χ0v) is 25.0. The van der Waals surface area contributed by atoms with E-state index in [1.54, 1.807) is 24.5 Å². The third-order valence-electron chi connectivity index (χ3n) is 7.36. The van der Waals surface area contributed by atoms with Crippen LogP contribution in [0.4, 0.5) is 0 Å². The average molecular weight is 586 g/mol. The topological polar surface area (TPSA) is 101 Å². The Hall–Kier alpha value is -5.30. The minimum Gasteiger partial charge on any atom is -0.489 e. The maximum Gasteiger partial charge on any atom is 0.326 e. The first-order valence-corrected chi connectivity index (χ1v) is 14.5. The largest absolute Gasteiger partial charge is 0.489 e. The van der Waals surface area contributed by atoms with Gasteiger partial charge in [0.25, 0.3) is 5.91 Å². The van der Waals surface area contributed by atoms with E-state index < -0.39 is 17.9 Å². The van der Waals surface area contributed by atoms with Crippen molar-refractivity contribution in [2.75, 3.05) is 0 Å². The molecule has 0 spiro atoms. The summed E-state index contributed by atoms with van der Waals surface area (Å²) >= 11 is 0. The van der Waals surface area contributed by atoms with Crippen LogP contribution < -0.4 is 10.1 Å². The minimum atomic E-state index is -1.09. The van der Waals surface area contributed by atoms with E-state index in [2.05, 4.69) is 36.1 Å². The van der Waals surface area contributed by atoms with Crippen molar-refractivity contribution in [3.8, 4) is 28.3 Å². The van der Waals surface area contributed by atoms with Gasteiger partial charge in [-0.1, -0.05) is 99.6 Å². The molecule has 0 radical (unpaired) electrons. The Morgan fingerprint density at radius 2 is 1.34 bits per heavy atom. The fourth-order valence-corrected chi connectivity index (χ4v) is 4.69. The number of benzene rings is 4. The van der Waals surface area contributed by atoms with E-state index in [4.69, 9.17) is 4.74 Å². The molecule has 44 heavy (non-hydrogen) atoms. The van der Waals surface area contributed by atoms with Gasteiger partial charge in [0.2, 0.25) is 0 Å². The summed E-state index contributed by atoms with van der Waals surface area (Å²) in [6, 6.07) is 31.4. The van der Waals surface area contributed by atoms with Crippen molar-refractivity contribution < 1.29 is 19.4 Å². The number of aromatic nitrogens is 2. The molecule has 0 aliphatic heterocycles. The number of rotatable bonds is 10. The summed E-state index contributed by atoms with van der Waals surface area (Å²) in [5, 5.41) is 12.4. The highest BCUT2D eigenvalue weighted by atomic mass is 16.5. The summed E-state index contributed by atoms with van der Waals surface area (Å²) in [5.41, 5.74) is 6.03. The molecule has 4 aromatic carbocycles. The standard InChI is InChI=1S/C37H35N3O4/c1-37(2,3)31-19-17-29(18-20-31)35(41)40-33(36(42)43)21-25-9-15-28(16-10-25)34-38-22-30(23-39-34)27-13-11-26(12-14-27)24-44-32-7-5-4-6-8-32/h4-20,22-23,33H,21,24H2,1-3H3,(H,40,41)(H,42,43)/t33-/m0/s1. The molecule has 5 rings (SSSR count). The highest BCUT2D eigenvalue weighted by molar-refractivity contribution is 5.96. The Kier molecular flexibility index (Phi) is 9.15. The number of carboxylic acid groups (broad SMARTS) is 1. The third kappa shape index (κ3) is 7.75. The van der Waals surface area contributed by atoms with E-state index in [0.29, 0.717) is 18.0 Å². The Balaban J connectivity index is 1.18. The second-order valence-electron chi connectivity index (χ2n) is 11.7. The van der Waals surface area contributed by atoms with Gasteiger partial charge in [0.05, 0.1) is 0 Å². The van der Waals surface area contributed by atoms with Gasteiger partial charge < -0.3 is 15.2 Å². The summed E-state index contributed by atoms with van der Waals surface area (Å²) in [6.07, 6.45) is 3.72. The molecule has 1 atom stereocenters. The van der Waals surface area contributed by atoms with E-state index in [-0.39, 0.29) is 11.8 Å². The number of hydrogen-bond donors (Lipinski definition) is 2. The second-order valence-corrected chi connectivity index (χ2v) is 11.7. The molecule has 5 aromatic rings. The summed E-state index contributed by atoms with van der Waals surface area (Å²) in [5.74, 6) is -0.114. The molecule has 1 aromatic heterocycles. The van der Waals surface area contributed by atoms with Crippen molar-refractivity contribution in [1.29, 1.82) is 0 Å². The number of hydrogen-bond acceptors (Lipinski definition) is 5. The lowest BCUT2D eigenvalue weighted by Crippen LogP contribution is -2.42. The molecule has 0 bridgehead atoms. The summed E-state index contributed by atoms with van der Waals surface area (Å²) in [4.78, 5) is 33.8. The highest BCUT2D eigenvalue weighted by Gasteiger charge is 2.22. The number of nitrogens with one attached hydrogen (secondary N) is 1. The number of nitrogens with zero attached hydrogens (tertiary/aromatic N) is 2. The number of carbonyl (C=O) groups is 2. The molecular formula is C37H35N3O4. The van der Waals surface area contributed by atoms with E-state index in [9.17, 15) is 14.7 Å². The third-order valence-corrected chi connectivity index (χ3v) is 7.36. The van der Waals surface area contributed by atoms with E-state index in [0.717, 1.165) is 39.1 Å². The van der Waals surface area contributed by atoms with Gasteiger partial charge in [-0.15, -0.1) is 0 Å². The molecule has 0 saturated heterocycles. The van der Waals surface area contributed by atoms with Crippen LogP contribution in [0.1, 0.15) is 47.8 Å². The number of para-hydroxylation sites is 1. The fraction of sp³-hybridized carbons (Fsp3) is 0.189. The van der Waals surface area contributed by atoms with Crippen LogP contribution in [-0.2, 0) is 23.2 Å². The van der Waals surface area contributed by atoms with Crippen molar-refractivity contribution in [2.24, 2.45) is 0 Å². The van der Waals surface area contributed by atoms with Gasteiger partial charge in [0, 0.05) is 35.5 Å². The average Bonchev–Trinajstić information content (AvgIpc) is 3.04. The predicted molar refractivity (Wildman–Crippen MR) is 171 cm³/mol. The van der Waals surface area contributed by atoms with Gasteiger partial charge in [-0.2, -0.15) is 0 Å². The predicted octanol–water partition coefficient (Wildman–Crippen LogP) is 7.11. The zero-order chi connectivity index (χ0) is 31.1. The molecule has 1 heterocycles. The lowest BCUT2D eigenvalue weighted by molar-refractivity contribution is -0.139. The van der Waals surface area contributed by atoms with Gasteiger partial charge in [-0.3, -0.25) is 4.79 Å². The van der Waals surface area contributed by atoms with Crippen LogP contribution in [0.5, 0.6) is 5.75 Å². The van der Waals surface area contributed by atoms with Crippen molar-refractivity contribution in [2.45, 2.75) is 45.3 Å². The molecular weight excluding hydrogens is 550 g/mol. The van der Waals surface area contributed by atoms with Crippen LogP contribution >= 0.6 is 0 Å². The van der Waals surface area contributed by atoms with Crippen molar-refractivity contribution in [3.05, 3.63) is 138 Å². The number of carboxylic acids is 1. The Morgan fingerprint density at radius 3 is 1.93 bits per heavy atom. The molecule has 0 saturated carbocycles. The van der Waals surface area contributed by atoms with E-state index in [1.807, 2.05) is 91.0 Å². The number of carbonyl (C=O) groups excluding carboxylic acids is 1. The van der Waals surface area contributed by atoms with Crippen molar-refractivity contribution in [3.63, 3.8) is 0 Å². The maximum atomic E-state index is 12.8. The summed E-state index contributed by atoms with van der Waals surface area (Å²) < 4.78 is 5.82. The molecule has 0 fully saturated rings. The van der Waals surface area contributed by atoms with E-state index in [1.165, 1.54) is 0 Å². The molecule has 222 valence electrons. The smallest absolute Gasteiger partial charge is 0.326 e. The highest BCUT2D eigenvalue weighted by Crippen LogP contribution is 2.24. The molecule has 7 heteroatoms. The maximum absolute atomic E-state index is 12.8. The van der Waals surface area contributed by atoms with Crippen LogP contribution in [0, 0.1) is 0 Å². The Labute approximate surface area is 257 Å². The zero-order valence-electron chi connectivity index (χ0n) is 25.0. The molecule has 7 nitrogen and oxygen atoms in total. The van der Waals surface area contributed by atoms with Crippen molar-refractivity contribution in [1.82, 2.24) is 15.3 Å². The van der Waals surface area contributed by atoms with Crippen LogP contribution in [0.2, 0.25) is 0 Å². The Bertz CT molecular complexity index is 1690.